The van der Waals surface area contributed by atoms with E-state index in [2.05, 4.69) is 48.9 Å². The number of carbonyl (C=O) groups excluding carboxylic acids is 3. The molecule has 1 aromatic carbocycles. The summed E-state index contributed by atoms with van der Waals surface area (Å²) in [4.78, 5) is 49.1. The maximum Gasteiger partial charge on any atom is 0.239 e. The zero-order chi connectivity index (χ0) is 29.4. The van der Waals surface area contributed by atoms with Crippen molar-refractivity contribution >= 4 is 46.8 Å². The zero-order valence-corrected chi connectivity index (χ0v) is 24.6. The van der Waals surface area contributed by atoms with Crippen LogP contribution in [0.2, 0.25) is 0 Å². The van der Waals surface area contributed by atoms with Gasteiger partial charge < -0.3 is 25.8 Å². The zero-order valence-electron chi connectivity index (χ0n) is 23.8. The van der Waals surface area contributed by atoms with Gasteiger partial charge in [0.1, 0.15) is 16.5 Å². The second-order valence-electron chi connectivity index (χ2n) is 11.1. The molecule has 2 saturated heterocycles. The van der Waals surface area contributed by atoms with E-state index in [4.69, 9.17) is 0 Å². The van der Waals surface area contributed by atoms with E-state index in [9.17, 15) is 19.6 Å². The van der Waals surface area contributed by atoms with E-state index in [1.54, 1.807) is 22.7 Å². The lowest BCUT2D eigenvalue weighted by atomic mass is 10.2. The number of nitrogens with zero attached hydrogens (tertiary/aromatic N) is 5. The Morgan fingerprint density at radius 1 is 1.07 bits per heavy atom. The number of anilines is 3. The van der Waals surface area contributed by atoms with Gasteiger partial charge in [-0.1, -0.05) is 24.3 Å². The second kappa shape index (κ2) is 11.5. The van der Waals surface area contributed by atoms with E-state index < -0.39 is 16.7 Å². The van der Waals surface area contributed by atoms with Crippen LogP contribution in [0.15, 0.2) is 48.5 Å². The molecule has 6 unspecified atom stereocenters. The van der Waals surface area contributed by atoms with Gasteiger partial charge in [0, 0.05) is 50.2 Å². The highest BCUT2D eigenvalue weighted by Crippen LogP contribution is 2.70. The number of fused-ring (bicyclic) bond motifs is 1. The Morgan fingerprint density at radius 2 is 1.81 bits per heavy atom. The van der Waals surface area contributed by atoms with E-state index in [0.29, 0.717) is 31.3 Å². The first-order valence-electron chi connectivity index (χ1n) is 14.6. The van der Waals surface area contributed by atoms with Gasteiger partial charge in [-0.05, 0) is 38.1 Å². The fourth-order valence-electron chi connectivity index (χ4n) is 6.50. The molecule has 4 aliphatic rings. The minimum absolute atomic E-state index is 0.0254. The number of nitriles is 1. The highest BCUT2D eigenvalue weighted by Gasteiger charge is 2.80. The Hall–Kier alpha value is -3.82. The van der Waals surface area contributed by atoms with Gasteiger partial charge in [0.15, 0.2) is 0 Å². The topological polar surface area (TPSA) is 134 Å². The monoisotopic (exact) mass is 588 g/mol. The lowest BCUT2D eigenvalue weighted by Crippen LogP contribution is -2.48. The van der Waals surface area contributed by atoms with Crippen molar-refractivity contribution in [1.29, 1.82) is 5.26 Å². The van der Waals surface area contributed by atoms with Crippen LogP contribution in [0.3, 0.4) is 0 Å². The van der Waals surface area contributed by atoms with Crippen molar-refractivity contribution in [2.24, 2.45) is 17.8 Å². The molecule has 12 heteroatoms. The summed E-state index contributed by atoms with van der Waals surface area (Å²) in [5.74, 6) is -0.601. The molecular formula is C30H36N8O3S. The number of hydrogen-bond donors (Lipinski definition) is 3. The Morgan fingerprint density at radius 3 is 2.50 bits per heavy atom. The van der Waals surface area contributed by atoms with Crippen LogP contribution in [0, 0.1) is 29.1 Å². The van der Waals surface area contributed by atoms with E-state index in [0.717, 1.165) is 26.2 Å². The van der Waals surface area contributed by atoms with Crippen LogP contribution in [-0.2, 0) is 14.4 Å². The Bertz CT molecular complexity index is 1390. The van der Waals surface area contributed by atoms with E-state index in [1.165, 1.54) is 5.69 Å². The number of thioether (sulfide) groups is 1. The molecule has 3 amide bonds. The quantitative estimate of drug-likeness (QED) is 0.401. The molecule has 2 aromatic rings. The summed E-state index contributed by atoms with van der Waals surface area (Å²) in [5.41, 5.74) is 1.20. The fourth-order valence-corrected chi connectivity index (χ4v) is 8.67. The fraction of sp³-hybridized carbons (Fsp3) is 0.500. The van der Waals surface area contributed by atoms with Gasteiger partial charge in [-0.2, -0.15) is 5.26 Å². The molecule has 6 atom stereocenters. The van der Waals surface area contributed by atoms with Gasteiger partial charge in [0.05, 0.1) is 36.4 Å². The number of aromatic nitrogens is 1. The second-order valence-corrected chi connectivity index (χ2v) is 12.6. The van der Waals surface area contributed by atoms with Crippen molar-refractivity contribution in [3.8, 4) is 6.07 Å². The largest absolute Gasteiger partial charge is 0.369 e. The number of benzene rings is 1. The van der Waals surface area contributed by atoms with Crippen LogP contribution in [-0.4, -0.2) is 94.5 Å². The summed E-state index contributed by atoms with van der Waals surface area (Å²) in [6.07, 6.45) is 0. The van der Waals surface area contributed by atoms with Gasteiger partial charge in [0.25, 0.3) is 0 Å². The van der Waals surface area contributed by atoms with E-state index in [1.807, 2.05) is 44.2 Å². The summed E-state index contributed by atoms with van der Waals surface area (Å²) in [6.45, 7) is 8.29. The summed E-state index contributed by atoms with van der Waals surface area (Å²) < 4.78 is 0. The minimum Gasteiger partial charge on any atom is -0.369 e. The maximum absolute atomic E-state index is 13.5. The molecule has 2 saturated carbocycles. The van der Waals surface area contributed by atoms with Gasteiger partial charge in [-0.3, -0.25) is 19.3 Å². The first kappa shape index (κ1) is 28.3. The Kier molecular flexibility index (Phi) is 7.72. The summed E-state index contributed by atoms with van der Waals surface area (Å²) in [5, 5.41) is 18.9. The lowest BCUT2D eigenvalue weighted by Gasteiger charge is -2.35. The van der Waals surface area contributed by atoms with Crippen molar-refractivity contribution in [2.45, 2.75) is 30.0 Å². The summed E-state index contributed by atoms with van der Waals surface area (Å²) >= 11 is 1.57. The third-order valence-electron chi connectivity index (χ3n) is 8.65. The van der Waals surface area contributed by atoms with Crippen LogP contribution in [0.1, 0.15) is 13.8 Å². The molecule has 4 fully saturated rings. The average Bonchev–Trinajstić information content (AvgIpc) is 3.87. The number of carbonyl (C=O) groups is 3. The summed E-state index contributed by atoms with van der Waals surface area (Å²) in [7, 11) is 0. The van der Waals surface area contributed by atoms with Crippen molar-refractivity contribution in [1.82, 2.24) is 20.1 Å². The van der Waals surface area contributed by atoms with Crippen molar-refractivity contribution in [3.63, 3.8) is 0 Å². The third-order valence-corrected chi connectivity index (χ3v) is 10.6. The number of rotatable bonds is 9. The Balaban J connectivity index is 1.04. The van der Waals surface area contributed by atoms with Crippen LogP contribution in [0.25, 0.3) is 0 Å². The number of pyridine rings is 1. The van der Waals surface area contributed by atoms with Crippen LogP contribution in [0.4, 0.5) is 17.3 Å². The lowest BCUT2D eigenvalue weighted by molar-refractivity contribution is -0.134. The predicted molar refractivity (Wildman–Crippen MR) is 162 cm³/mol. The van der Waals surface area contributed by atoms with Crippen LogP contribution >= 0.6 is 11.8 Å². The molecule has 1 spiro atoms. The number of hydrogen-bond acceptors (Lipinski definition) is 9. The van der Waals surface area contributed by atoms with E-state index >= 15 is 0 Å². The molecule has 2 aliphatic carbocycles. The van der Waals surface area contributed by atoms with Crippen molar-refractivity contribution in [2.75, 3.05) is 61.3 Å². The van der Waals surface area contributed by atoms with Crippen LogP contribution in [0.5, 0.6) is 0 Å². The standard InChI is InChI=1S/C30H36N8O3S/c1-3-32-28(40)25-20(17-31)30(25)38(4-2)29(41)24-26(27(24)42-30)35-22-12-8-11-21(33-22)34-23(39)18-36-13-15-37(16-14-36)19-9-6-5-7-10-19/h5-12,20,24-27H,3-4,13-16,18H2,1-2H3,(H,32,40)(H2,33,34,35,39). The Labute approximate surface area is 250 Å². The van der Waals surface area contributed by atoms with Gasteiger partial charge in [-0.25, -0.2) is 4.98 Å². The SMILES string of the molecule is CCNC(=O)C1C(C#N)C12SC1C(Nc3cccc(NC(=O)CN4CCN(c5ccccc5)CC4)n3)C1C(=O)N2CC. The molecule has 6 rings (SSSR count). The summed E-state index contributed by atoms with van der Waals surface area (Å²) in [6, 6.07) is 17.8. The molecule has 11 nitrogen and oxygen atoms in total. The molecule has 220 valence electrons. The smallest absolute Gasteiger partial charge is 0.239 e. The van der Waals surface area contributed by atoms with Gasteiger partial charge in [0.2, 0.25) is 17.7 Å². The van der Waals surface area contributed by atoms with E-state index in [-0.39, 0.29) is 34.9 Å². The van der Waals surface area contributed by atoms with Crippen molar-refractivity contribution in [3.05, 3.63) is 48.5 Å². The number of nitrogens with one attached hydrogen (secondary N) is 3. The number of piperazine rings is 1. The first-order valence-corrected chi connectivity index (χ1v) is 15.5. The molecule has 42 heavy (non-hydrogen) atoms. The predicted octanol–water partition coefficient (Wildman–Crippen LogP) is 1.82. The molecule has 3 heterocycles. The molecule has 1 aromatic heterocycles. The van der Waals surface area contributed by atoms with Crippen LogP contribution < -0.4 is 20.9 Å². The normalized spacial score (nSPS) is 29.8. The molecular weight excluding hydrogens is 552 g/mol. The van der Waals surface area contributed by atoms with Gasteiger partial charge in [-0.15, -0.1) is 11.8 Å². The highest BCUT2D eigenvalue weighted by molar-refractivity contribution is 8.02. The molecule has 3 N–H and O–H groups in total. The van der Waals surface area contributed by atoms with Gasteiger partial charge >= 0.3 is 0 Å². The maximum atomic E-state index is 13.5. The minimum atomic E-state index is -0.812. The third kappa shape index (κ3) is 5.05. The van der Waals surface area contributed by atoms with Crippen molar-refractivity contribution < 1.29 is 14.4 Å². The molecule has 0 bridgehead atoms. The number of amides is 3. The first-order chi connectivity index (χ1) is 20.4. The molecule has 0 radical (unpaired) electrons. The average molecular weight is 589 g/mol. The molecule has 2 aliphatic heterocycles. The highest BCUT2D eigenvalue weighted by atomic mass is 32.2. The number of para-hydroxylation sites is 1.